The maximum Gasteiger partial charge on any atom is 0.302 e. The van der Waals surface area contributed by atoms with Gasteiger partial charge >= 0.3 is 5.97 Å². The third kappa shape index (κ3) is 5.86. The molecule has 0 amide bonds. The average Bonchev–Trinajstić information content (AvgIpc) is 3.17. The highest BCUT2D eigenvalue weighted by molar-refractivity contribution is 5.66. The molecular weight excluding hydrogens is 372 g/mol. The van der Waals surface area contributed by atoms with Gasteiger partial charge in [0.15, 0.2) is 0 Å². The predicted octanol–water partition coefficient (Wildman–Crippen LogP) is 3.23. The molecule has 2 aromatic heterocycles. The number of hydrogen-bond acceptors (Lipinski definition) is 8. The Balaban J connectivity index is 1.65. The standard InChI is InChI=1S/C21H24N4O4/c1-4-27-19-9-8-16(11-17(19)14-28-15(2)26)12-25(3)13-20-23-21(24-29-20)18-7-5-6-10-22-18/h5-11H,4,12-14H2,1-3H3. The summed E-state index contributed by atoms with van der Waals surface area (Å²) < 4.78 is 16.1. The fourth-order valence-electron chi connectivity index (χ4n) is 2.84. The molecule has 0 unspecified atom stereocenters. The highest BCUT2D eigenvalue weighted by atomic mass is 16.5. The molecule has 8 heteroatoms. The summed E-state index contributed by atoms with van der Waals surface area (Å²) in [7, 11) is 1.97. The number of nitrogens with zero attached hydrogens (tertiary/aromatic N) is 4. The lowest BCUT2D eigenvalue weighted by Crippen LogP contribution is -2.17. The van der Waals surface area contributed by atoms with Gasteiger partial charge in [0.25, 0.3) is 0 Å². The topological polar surface area (TPSA) is 90.6 Å². The molecule has 0 radical (unpaired) electrons. The molecule has 29 heavy (non-hydrogen) atoms. The van der Waals surface area contributed by atoms with E-state index in [1.807, 2.05) is 50.4 Å². The van der Waals surface area contributed by atoms with Gasteiger partial charge < -0.3 is 14.0 Å². The Labute approximate surface area is 169 Å². The van der Waals surface area contributed by atoms with Crippen molar-refractivity contribution < 1.29 is 18.8 Å². The van der Waals surface area contributed by atoms with Crippen LogP contribution >= 0.6 is 0 Å². The fraction of sp³-hybridized carbons (Fsp3) is 0.333. The minimum atomic E-state index is -0.324. The van der Waals surface area contributed by atoms with Crippen LogP contribution in [0.15, 0.2) is 47.1 Å². The van der Waals surface area contributed by atoms with Crippen molar-refractivity contribution in [3.8, 4) is 17.3 Å². The Kier molecular flexibility index (Phi) is 6.91. The van der Waals surface area contributed by atoms with Crippen molar-refractivity contribution in [3.05, 3.63) is 59.6 Å². The van der Waals surface area contributed by atoms with Crippen molar-refractivity contribution in [2.24, 2.45) is 0 Å². The van der Waals surface area contributed by atoms with Gasteiger partial charge in [0.1, 0.15) is 18.1 Å². The fourth-order valence-corrected chi connectivity index (χ4v) is 2.84. The molecule has 0 bridgehead atoms. The summed E-state index contributed by atoms with van der Waals surface area (Å²) >= 11 is 0. The third-order valence-corrected chi connectivity index (χ3v) is 4.08. The van der Waals surface area contributed by atoms with Crippen LogP contribution in [-0.4, -0.2) is 39.6 Å². The van der Waals surface area contributed by atoms with Crippen LogP contribution in [0.2, 0.25) is 0 Å². The Morgan fingerprint density at radius 3 is 2.79 bits per heavy atom. The molecule has 3 rings (SSSR count). The normalized spacial score (nSPS) is 10.9. The number of esters is 1. The van der Waals surface area contributed by atoms with E-state index in [-0.39, 0.29) is 12.6 Å². The molecular formula is C21H24N4O4. The zero-order valence-electron chi connectivity index (χ0n) is 16.8. The van der Waals surface area contributed by atoms with Crippen LogP contribution in [0.1, 0.15) is 30.9 Å². The van der Waals surface area contributed by atoms with Crippen molar-refractivity contribution in [1.82, 2.24) is 20.0 Å². The van der Waals surface area contributed by atoms with Gasteiger partial charge in [0.05, 0.1) is 13.2 Å². The number of benzene rings is 1. The maximum absolute atomic E-state index is 11.2. The van der Waals surface area contributed by atoms with Gasteiger partial charge in [-0.1, -0.05) is 17.3 Å². The summed E-state index contributed by atoms with van der Waals surface area (Å²) in [5.41, 5.74) is 2.57. The van der Waals surface area contributed by atoms with E-state index in [1.54, 1.807) is 6.20 Å². The first-order valence-corrected chi connectivity index (χ1v) is 9.35. The van der Waals surface area contributed by atoms with Crippen molar-refractivity contribution >= 4 is 5.97 Å². The number of ether oxygens (including phenoxy) is 2. The first-order valence-electron chi connectivity index (χ1n) is 9.35. The quantitative estimate of drug-likeness (QED) is 0.509. The molecule has 1 aromatic carbocycles. The van der Waals surface area contributed by atoms with Crippen molar-refractivity contribution in [2.45, 2.75) is 33.5 Å². The summed E-state index contributed by atoms with van der Waals surface area (Å²) in [6, 6.07) is 11.4. The van der Waals surface area contributed by atoms with Crippen molar-refractivity contribution in [3.63, 3.8) is 0 Å². The number of pyridine rings is 1. The number of hydrogen-bond donors (Lipinski definition) is 0. The minimum Gasteiger partial charge on any atom is -0.493 e. The monoisotopic (exact) mass is 396 g/mol. The maximum atomic E-state index is 11.2. The van der Waals surface area contributed by atoms with Gasteiger partial charge in [-0.3, -0.25) is 14.7 Å². The van der Waals surface area contributed by atoms with Crippen LogP contribution in [0.5, 0.6) is 5.75 Å². The van der Waals surface area contributed by atoms with E-state index in [0.29, 0.717) is 37.1 Å². The molecule has 2 heterocycles. The van der Waals surface area contributed by atoms with Crippen molar-refractivity contribution in [1.29, 1.82) is 0 Å². The molecule has 0 saturated carbocycles. The second kappa shape index (κ2) is 9.79. The summed E-state index contributed by atoms with van der Waals surface area (Å²) in [5.74, 6) is 1.38. The van der Waals surface area contributed by atoms with E-state index < -0.39 is 0 Å². The molecule has 3 aromatic rings. The summed E-state index contributed by atoms with van der Waals surface area (Å²) in [6.45, 7) is 5.18. The predicted molar refractivity (Wildman–Crippen MR) is 106 cm³/mol. The van der Waals surface area contributed by atoms with Crippen LogP contribution in [-0.2, 0) is 29.2 Å². The van der Waals surface area contributed by atoms with E-state index in [1.165, 1.54) is 6.92 Å². The molecule has 0 atom stereocenters. The molecule has 0 aliphatic heterocycles. The molecule has 8 nitrogen and oxygen atoms in total. The number of rotatable bonds is 9. The van der Waals surface area contributed by atoms with Crippen LogP contribution < -0.4 is 4.74 Å². The Hall–Kier alpha value is -3.26. The largest absolute Gasteiger partial charge is 0.493 e. The van der Waals surface area contributed by atoms with Gasteiger partial charge in [-0.05, 0) is 43.8 Å². The number of aromatic nitrogens is 3. The molecule has 0 N–H and O–H groups in total. The lowest BCUT2D eigenvalue weighted by molar-refractivity contribution is -0.142. The summed E-state index contributed by atoms with van der Waals surface area (Å²) in [6.07, 6.45) is 1.69. The Morgan fingerprint density at radius 1 is 1.21 bits per heavy atom. The minimum absolute atomic E-state index is 0.180. The van der Waals surface area contributed by atoms with Crippen LogP contribution in [0, 0.1) is 0 Å². The average molecular weight is 396 g/mol. The third-order valence-electron chi connectivity index (χ3n) is 4.08. The van der Waals surface area contributed by atoms with Gasteiger partial charge in [-0.15, -0.1) is 0 Å². The second-order valence-corrected chi connectivity index (χ2v) is 6.55. The van der Waals surface area contributed by atoms with Crippen LogP contribution in [0.4, 0.5) is 0 Å². The van der Waals surface area contributed by atoms with E-state index in [9.17, 15) is 4.79 Å². The highest BCUT2D eigenvalue weighted by Gasteiger charge is 2.13. The highest BCUT2D eigenvalue weighted by Crippen LogP contribution is 2.22. The molecule has 0 fully saturated rings. The number of carbonyl (C=O) groups is 1. The second-order valence-electron chi connectivity index (χ2n) is 6.55. The molecule has 152 valence electrons. The van der Waals surface area contributed by atoms with E-state index in [2.05, 4.69) is 20.0 Å². The Morgan fingerprint density at radius 2 is 2.07 bits per heavy atom. The lowest BCUT2D eigenvalue weighted by atomic mass is 10.1. The van der Waals surface area contributed by atoms with E-state index in [0.717, 1.165) is 16.9 Å². The molecule has 0 spiro atoms. The van der Waals surface area contributed by atoms with Gasteiger partial charge in [0, 0.05) is 25.2 Å². The first kappa shape index (κ1) is 20.5. The van der Waals surface area contributed by atoms with E-state index in [4.69, 9.17) is 14.0 Å². The summed E-state index contributed by atoms with van der Waals surface area (Å²) in [5, 5.41) is 3.99. The molecule has 0 saturated heterocycles. The zero-order chi connectivity index (χ0) is 20.6. The summed E-state index contributed by atoms with van der Waals surface area (Å²) in [4.78, 5) is 21.8. The SMILES string of the molecule is CCOc1ccc(CN(C)Cc2nc(-c3ccccn3)no2)cc1COC(C)=O. The first-order chi connectivity index (χ1) is 14.0. The van der Waals surface area contributed by atoms with E-state index >= 15 is 0 Å². The van der Waals surface area contributed by atoms with Gasteiger partial charge in [-0.25, -0.2) is 0 Å². The smallest absolute Gasteiger partial charge is 0.302 e. The Bertz CT molecular complexity index is 943. The zero-order valence-corrected chi connectivity index (χ0v) is 16.8. The van der Waals surface area contributed by atoms with Crippen LogP contribution in [0.3, 0.4) is 0 Å². The lowest BCUT2D eigenvalue weighted by Gasteiger charge is -2.16. The molecule has 0 aliphatic rings. The molecule has 0 aliphatic carbocycles. The van der Waals surface area contributed by atoms with Gasteiger partial charge in [0.2, 0.25) is 11.7 Å². The van der Waals surface area contributed by atoms with Crippen LogP contribution in [0.25, 0.3) is 11.5 Å². The van der Waals surface area contributed by atoms with Gasteiger partial charge in [-0.2, -0.15) is 4.98 Å². The number of carbonyl (C=O) groups excluding carboxylic acids is 1. The van der Waals surface area contributed by atoms with Crippen molar-refractivity contribution in [2.75, 3.05) is 13.7 Å².